The Kier molecular flexibility index (Phi) is 1.93. The van der Waals surface area contributed by atoms with Crippen molar-refractivity contribution in [3.8, 4) is 0 Å². The van der Waals surface area contributed by atoms with Crippen molar-refractivity contribution < 1.29 is 0 Å². The minimum absolute atomic E-state index is 0.460. The zero-order chi connectivity index (χ0) is 13.3. The number of anilines is 1. The van der Waals surface area contributed by atoms with E-state index in [9.17, 15) is 0 Å². The first-order valence-electron chi connectivity index (χ1n) is 6.83. The smallest absolute Gasteiger partial charge is 0.165 e. The van der Waals surface area contributed by atoms with Gasteiger partial charge in [0.15, 0.2) is 11.5 Å². The van der Waals surface area contributed by atoms with Crippen LogP contribution in [0.25, 0.3) is 11.2 Å². The summed E-state index contributed by atoms with van der Waals surface area (Å²) in [6.07, 6.45) is 5.87. The molecule has 5 nitrogen and oxygen atoms in total. The van der Waals surface area contributed by atoms with Crippen molar-refractivity contribution in [1.29, 1.82) is 0 Å². The van der Waals surface area contributed by atoms with Gasteiger partial charge in [-0.05, 0) is 35.8 Å². The monoisotopic (exact) mass is 283 g/mol. The highest BCUT2D eigenvalue weighted by molar-refractivity contribution is 7.10. The number of nitrogens with zero attached hydrogens (tertiary/aromatic N) is 4. The highest BCUT2D eigenvalue weighted by Crippen LogP contribution is 2.59. The summed E-state index contributed by atoms with van der Waals surface area (Å²) in [6, 6.07) is 2.75. The molecule has 0 saturated heterocycles. The molecule has 3 aromatic heterocycles. The van der Waals surface area contributed by atoms with E-state index in [4.69, 9.17) is 5.73 Å². The number of hydrogen-bond acceptors (Lipinski definition) is 5. The van der Waals surface area contributed by atoms with E-state index in [1.165, 1.54) is 19.2 Å². The van der Waals surface area contributed by atoms with Crippen molar-refractivity contribution in [3.05, 3.63) is 34.5 Å². The Hall–Kier alpha value is -1.95. The molecular formula is C14H13N5S. The van der Waals surface area contributed by atoms with Crippen LogP contribution in [0.4, 0.5) is 5.82 Å². The van der Waals surface area contributed by atoms with Crippen molar-refractivity contribution >= 4 is 28.3 Å². The van der Waals surface area contributed by atoms with Crippen LogP contribution in [0.5, 0.6) is 0 Å². The Morgan fingerprint density at radius 2 is 2.20 bits per heavy atom. The van der Waals surface area contributed by atoms with Crippen LogP contribution >= 0.6 is 11.3 Å². The summed E-state index contributed by atoms with van der Waals surface area (Å²) in [5, 5.41) is 2.22. The summed E-state index contributed by atoms with van der Waals surface area (Å²) in [5.74, 6) is 1.79. The number of aromatic nitrogens is 4. The van der Waals surface area contributed by atoms with Crippen molar-refractivity contribution in [2.24, 2.45) is 0 Å². The number of imidazole rings is 1. The van der Waals surface area contributed by atoms with Crippen LogP contribution in [-0.2, 0) is 0 Å². The number of rotatable bonds is 1. The van der Waals surface area contributed by atoms with Gasteiger partial charge in [0.2, 0.25) is 0 Å². The van der Waals surface area contributed by atoms with Gasteiger partial charge in [-0.15, -0.1) is 11.3 Å². The Labute approximate surface area is 119 Å². The highest BCUT2D eigenvalue weighted by Gasteiger charge is 2.45. The summed E-state index contributed by atoms with van der Waals surface area (Å²) in [4.78, 5) is 14.4. The summed E-state index contributed by atoms with van der Waals surface area (Å²) in [7, 11) is 0. The second kappa shape index (κ2) is 3.58. The minimum Gasteiger partial charge on any atom is -0.382 e. The number of thiophene rings is 1. The molecule has 3 heterocycles. The van der Waals surface area contributed by atoms with E-state index < -0.39 is 0 Å². The van der Waals surface area contributed by atoms with Crippen LogP contribution in [-0.4, -0.2) is 19.5 Å². The Bertz CT molecular complexity index is 820. The molecule has 2 N–H and O–H groups in total. The molecule has 6 heteroatoms. The lowest BCUT2D eigenvalue weighted by Crippen LogP contribution is -2.14. The predicted octanol–water partition coefficient (Wildman–Crippen LogP) is 2.69. The van der Waals surface area contributed by atoms with E-state index in [1.54, 1.807) is 10.4 Å². The standard InChI is InChI=1S/C14H13N5S/c15-13-11-14(17-5-16-13)19(6-18-11)10-4-7-3-9(10)8-1-2-20-12(7)8/h1-2,5-7,9-10H,3-4H2,(H2,15,16,17)/t7-,9-,10+/m1/s1. The molecule has 2 bridgehead atoms. The summed E-state index contributed by atoms with van der Waals surface area (Å²) in [6.45, 7) is 0. The van der Waals surface area contributed by atoms with Crippen LogP contribution in [0, 0.1) is 0 Å². The van der Waals surface area contributed by atoms with Crippen molar-refractivity contribution in [3.63, 3.8) is 0 Å². The quantitative estimate of drug-likeness (QED) is 0.745. The Morgan fingerprint density at radius 3 is 3.15 bits per heavy atom. The minimum atomic E-state index is 0.460. The van der Waals surface area contributed by atoms with Crippen molar-refractivity contribution in [2.75, 3.05) is 5.73 Å². The van der Waals surface area contributed by atoms with Crippen LogP contribution in [0.1, 0.15) is 41.2 Å². The molecular weight excluding hydrogens is 270 g/mol. The van der Waals surface area contributed by atoms with Gasteiger partial charge in [0.25, 0.3) is 0 Å². The van der Waals surface area contributed by atoms with E-state index in [0.717, 1.165) is 17.1 Å². The van der Waals surface area contributed by atoms with E-state index in [0.29, 0.717) is 17.8 Å². The summed E-state index contributed by atoms with van der Waals surface area (Å²) >= 11 is 1.91. The maximum Gasteiger partial charge on any atom is 0.165 e. The first-order valence-corrected chi connectivity index (χ1v) is 7.71. The Balaban J connectivity index is 1.66. The molecule has 0 aromatic carbocycles. The lowest BCUT2D eigenvalue weighted by Gasteiger charge is -2.23. The first kappa shape index (κ1) is 10.8. The molecule has 0 spiro atoms. The highest BCUT2D eigenvalue weighted by atomic mass is 32.1. The lowest BCUT2D eigenvalue weighted by atomic mass is 9.93. The molecule has 20 heavy (non-hydrogen) atoms. The largest absolute Gasteiger partial charge is 0.382 e. The van der Waals surface area contributed by atoms with Gasteiger partial charge in [-0.1, -0.05) is 0 Å². The molecule has 1 saturated carbocycles. The molecule has 0 radical (unpaired) electrons. The maximum atomic E-state index is 5.88. The first-order chi connectivity index (χ1) is 9.83. The number of hydrogen-bond donors (Lipinski definition) is 1. The third kappa shape index (κ3) is 1.20. The normalized spacial score (nSPS) is 27.3. The van der Waals surface area contributed by atoms with Gasteiger partial charge in [0.05, 0.1) is 6.33 Å². The molecule has 2 aliphatic rings. The SMILES string of the molecule is Nc1ncnc2c1ncn2[C@H]1C[C@H]2C[C@@H]1c1ccsc12. The van der Waals surface area contributed by atoms with Crippen molar-refractivity contribution in [1.82, 2.24) is 19.5 Å². The topological polar surface area (TPSA) is 69.6 Å². The van der Waals surface area contributed by atoms with Gasteiger partial charge < -0.3 is 10.3 Å². The lowest BCUT2D eigenvalue weighted by molar-refractivity contribution is 0.460. The van der Waals surface area contributed by atoms with Crippen LogP contribution in [0.15, 0.2) is 24.1 Å². The molecule has 100 valence electrons. The van der Waals surface area contributed by atoms with Gasteiger partial charge in [0, 0.05) is 16.8 Å². The number of fused-ring (bicyclic) bond motifs is 6. The molecule has 0 amide bonds. The average molecular weight is 283 g/mol. The fraction of sp³-hybridized carbons (Fsp3) is 0.357. The van der Waals surface area contributed by atoms with Crippen LogP contribution in [0.3, 0.4) is 0 Å². The molecule has 5 rings (SSSR count). The van der Waals surface area contributed by atoms with E-state index in [1.807, 2.05) is 17.7 Å². The van der Waals surface area contributed by atoms with Gasteiger partial charge in [-0.3, -0.25) is 0 Å². The predicted molar refractivity (Wildman–Crippen MR) is 77.8 cm³/mol. The molecule has 1 fully saturated rings. The number of nitrogen functional groups attached to an aromatic ring is 1. The molecule has 3 aromatic rings. The van der Waals surface area contributed by atoms with Gasteiger partial charge in [-0.25, -0.2) is 15.0 Å². The second-order valence-electron chi connectivity index (χ2n) is 5.67. The number of nitrogens with two attached hydrogens (primary N) is 1. The van der Waals surface area contributed by atoms with Gasteiger partial charge >= 0.3 is 0 Å². The summed E-state index contributed by atoms with van der Waals surface area (Å²) < 4.78 is 2.21. The van der Waals surface area contributed by atoms with Crippen molar-refractivity contribution in [2.45, 2.75) is 30.7 Å². The summed E-state index contributed by atoms with van der Waals surface area (Å²) in [5.41, 5.74) is 9.01. The molecule has 3 atom stereocenters. The fourth-order valence-electron chi connectivity index (χ4n) is 3.95. The van der Waals surface area contributed by atoms with Gasteiger partial charge in [-0.2, -0.15) is 0 Å². The third-order valence-corrected chi connectivity index (χ3v) is 5.87. The van der Waals surface area contributed by atoms with Gasteiger partial charge in [0.1, 0.15) is 11.8 Å². The average Bonchev–Trinajstić information content (AvgIpc) is 3.19. The fourth-order valence-corrected chi connectivity index (χ4v) is 5.05. The second-order valence-corrected chi connectivity index (χ2v) is 6.61. The Morgan fingerprint density at radius 1 is 1.25 bits per heavy atom. The molecule has 0 unspecified atom stereocenters. The van der Waals surface area contributed by atoms with E-state index in [2.05, 4.69) is 31.0 Å². The third-order valence-electron chi connectivity index (χ3n) is 4.77. The molecule has 2 aliphatic carbocycles. The van der Waals surface area contributed by atoms with Crippen LogP contribution < -0.4 is 5.73 Å². The van der Waals surface area contributed by atoms with E-state index in [-0.39, 0.29) is 0 Å². The zero-order valence-electron chi connectivity index (χ0n) is 10.7. The maximum absolute atomic E-state index is 5.88. The van der Waals surface area contributed by atoms with E-state index >= 15 is 0 Å². The zero-order valence-corrected chi connectivity index (χ0v) is 11.5. The molecule has 0 aliphatic heterocycles. The van der Waals surface area contributed by atoms with Crippen LogP contribution in [0.2, 0.25) is 0 Å².